The van der Waals surface area contributed by atoms with E-state index in [1.165, 1.54) is 0 Å². The molecule has 2 aromatic heterocycles. The zero-order valence-corrected chi connectivity index (χ0v) is 16.3. The summed E-state index contributed by atoms with van der Waals surface area (Å²) in [7, 11) is 0. The molecule has 0 aliphatic rings. The minimum Gasteiger partial charge on any atom is -0.489 e. The van der Waals surface area contributed by atoms with Crippen molar-refractivity contribution < 1.29 is 9.13 Å². The van der Waals surface area contributed by atoms with Gasteiger partial charge in [0.15, 0.2) is 5.82 Å². The highest BCUT2D eigenvalue weighted by Gasteiger charge is 2.20. The van der Waals surface area contributed by atoms with E-state index in [0.717, 1.165) is 22.6 Å². The highest BCUT2D eigenvalue weighted by molar-refractivity contribution is 9.10. The summed E-state index contributed by atoms with van der Waals surface area (Å²) in [5.74, 6) is 1.03. The molecule has 3 aromatic rings. The van der Waals surface area contributed by atoms with Crippen LogP contribution in [0.2, 0.25) is 5.02 Å². The van der Waals surface area contributed by atoms with Gasteiger partial charge in [-0.3, -0.25) is 4.40 Å². The molecule has 0 unspecified atom stereocenters. The van der Waals surface area contributed by atoms with E-state index in [2.05, 4.69) is 25.9 Å². The van der Waals surface area contributed by atoms with Crippen LogP contribution in [0.3, 0.4) is 0 Å². The molecule has 0 spiro atoms. The Kier molecular flexibility index (Phi) is 4.88. The van der Waals surface area contributed by atoms with Crippen molar-refractivity contribution >= 4 is 38.9 Å². The minimum absolute atomic E-state index is 0.0248. The number of aryl methyl sites for hydroxylation is 1. The molecule has 1 aromatic carbocycles. The first-order valence-electron chi connectivity index (χ1n) is 7.70. The van der Waals surface area contributed by atoms with E-state index in [1.807, 2.05) is 25.2 Å². The average molecular weight is 428 g/mol. The average Bonchev–Trinajstić information content (AvgIpc) is 2.86. The van der Waals surface area contributed by atoms with Gasteiger partial charge in [-0.15, -0.1) is 0 Å². The number of halogens is 3. The minimum atomic E-state index is -0.543. The second-order valence-electron chi connectivity index (χ2n) is 5.96. The molecule has 0 saturated carbocycles. The molecule has 0 aliphatic heterocycles. The largest absolute Gasteiger partial charge is 0.489 e. The Labute approximate surface area is 158 Å². The Balaban J connectivity index is 2.14. The molecule has 0 saturated heterocycles. The number of aromatic nitrogens is 3. The number of nitrogen functional groups attached to an aromatic ring is 1. The van der Waals surface area contributed by atoms with Gasteiger partial charge >= 0.3 is 0 Å². The molecule has 0 radical (unpaired) electrons. The van der Waals surface area contributed by atoms with Crippen LogP contribution < -0.4 is 10.5 Å². The van der Waals surface area contributed by atoms with Crippen LogP contribution in [0.15, 0.2) is 22.9 Å². The second-order valence-corrected chi connectivity index (χ2v) is 7.16. The molecular weight excluding hydrogens is 411 g/mol. The summed E-state index contributed by atoms with van der Waals surface area (Å²) in [4.78, 5) is 8.68. The van der Waals surface area contributed by atoms with Gasteiger partial charge in [-0.05, 0) is 42.8 Å². The predicted octanol–water partition coefficient (Wildman–Crippen LogP) is 4.55. The smallest absolute Gasteiger partial charge is 0.159 e. The summed E-state index contributed by atoms with van der Waals surface area (Å²) >= 11 is 9.27. The van der Waals surface area contributed by atoms with E-state index < -0.39 is 5.82 Å². The molecule has 0 amide bonds. The van der Waals surface area contributed by atoms with E-state index in [9.17, 15) is 4.39 Å². The molecule has 0 atom stereocenters. The van der Waals surface area contributed by atoms with Crippen molar-refractivity contribution in [2.75, 3.05) is 5.73 Å². The highest BCUT2D eigenvalue weighted by atomic mass is 79.9. The lowest BCUT2D eigenvalue weighted by molar-refractivity contribution is 0.237. The van der Waals surface area contributed by atoms with E-state index in [1.54, 1.807) is 18.5 Å². The van der Waals surface area contributed by atoms with Crippen molar-refractivity contribution in [2.45, 2.75) is 33.3 Å². The molecule has 3 rings (SSSR count). The van der Waals surface area contributed by atoms with E-state index in [-0.39, 0.29) is 15.6 Å². The molecule has 8 heteroatoms. The van der Waals surface area contributed by atoms with Crippen molar-refractivity contribution in [3.05, 3.63) is 50.9 Å². The lowest BCUT2D eigenvalue weighted by Gasteiger charge is -2.17. The number of fused-ring (bicyclic) bond motifs is 1. The Bertz CT molecular complexity index is 958. The quantitative estimate of drug-likeness (QED) is 0.620. The molecular formula is C17H17BrClFN4O. The van der Waals surface area contributed by atoms with Crippen LogP contribution in [0, 0.1) is 12.7 Å². The maximum absolute atomic E-state index is 14.2. The summed E-state index contributed by atoms with van der Waals surface area (Å²) in [6, 6.07) is 1.57. The van der Waals surface area contributed by atoms with Crippen LogP contribution in [0.25, 0.3) is 5.52 Å². The first kappa shape index (κ1) is 17.9. The molecule has 25 heavy (non-hydrogen) atoms. The van der Waals surface area contributed by atoms with Gasteiger partial charge < -0.3 is 10.5 Å². The van der Waals surface area contributed by atoms with Gasteiger partial charge in [0.2, 0.25) is 0 Å². The number of nitrogens with two attached hydrogens (primary N) is 1. The van der Waals surface area contributed by atoms with Crippen molar-refractivity contribution in [3.8, 4) is 5.75 Å². The first-order valence-corrected chi connectivity index (χ1v) is 8.87. The number of hydrogen-bond donors (Lipinski definition) is 1. The normalized spacial score (nSPS) is 11.5. The van der Waals surface area contributed by atoms with Crippen LogP contribution in [0.5, 0.6) is 5.75 Å². The third-order valence-corrected chi connectivity index (χ3v) is 4.71. The fraction of sp³-hybridized carbons (Fsp3) is 0.294. The van der Waals surface area contributed by atoms with Gasteiger partial charge in [0.05, 0.1) is 21.3 Å². The summed E-state index contributed by atoms with van der Waals surface area (Å²) in [6.07, 6.45) is 3.70. The number of ether oxygens (including phenoxy) is 1. The number of benzene rings is 1. The van der Waals surface area contributed by atoms with Gasteiger partial charge in [-0.25, -0.2) is 14.4 Å². The van der Waals surface area contributed by atoms with E-state index >= 15 is 0 Å². The van der Waals surface area contributed by atoms with Crippen LogP contribution in [0.4, 0.5) is 10.2 Å². The number of nitrogens with zero attached hydrogens (tertiary/aromatic N) is 3. The Hall–Kier alpha value is -1.86. The van der Waals surface area contributed by atoms with Gasteiger partial charge in [-0.2, -0.15) is 0 Å². The number of imidazole rings is 1. The highest BCUT2D eigenvalue weighted by Crippen LogP contribution is 2.38. The van der Waals surface area contributed by atoms with Gasteiger partial charge in [-0.1, -0.05) is 11.6 Å². The van der Waals surface area contributed by atoms with E-state index in [4.69, 9.17) is 22.1 Å². The number of anilines is 1. The van der Waals surface area contributed by atoms with Crippen molar-refractivity contribution in [2.24, 2.45) is 0 Å². The van der Waals surface area contributed by atoms with Gasteiger partial charge in [0.25, 0.3) is 0 Å². The molecule has 2 heterocycles. The topological polar surface area (TPSA) is 65.4 Å². The summed E-state index contributed by atoms with van der Waals surface area (Å²) in [5.41, 5.74) is 8.22. The van der Waals surface area contributed by atoms with Crippen LogP contribution >= 0.6 is 27.5 Å². The fourth-order valence-electron chi connectivity index (χ4n) is 2.73. The predicted molar refractivity (Wildman–Crippen MR) is 99.8 cm³/mol. The third-order valence-electron chi connectivity index (χ3n) is 3.73. The maximum atomic E-state index is 14.2. The molecule has 0 bridgehead atoms. The van der Waals surface area contributed by atoms with Crippen LogP contribution in [-0.2, 0) is 6.42 Å². The van der Waals surface area contributed by atoms with E-state index in [0.29, 0.717) is 18.0 Å². The van der Waals surface area contributed by atoms with Crippen molar-refractivity contribution in [1.82, 2.24) is 14.4 Å². The number of hydrogen-bond acceptors (Lipinski definition) is 4. The molecule has 0 aliphatic carbocycles. The fourth-order valence-corrected chi connectivity index (χ4v) is 3.63. The Morgan fingerprint density at radius 2 is 2.16 bits per heavy atom. The Morgan fingerprint density at radius 1 is 1.44 bits per heavy atom. The van der Waals surface area contributed by atoms with Crippen LogP contribution in [-0.4, -0.2) is 20.5 Å². The lowest BCUT2D eigenvalue weighted by Crippen LogP contribution is -2.10. The summed E-state index contributed by atoms with van der Waals surface area (Å²) in [6.45, 7) is 5.63. The zero-order chi connectivity index (χ0) is 18.3. The molecule has 0 fully saturated rings. The van der Waals surface area contributed by atoms with Gasteiger partial charge in [0.1, 0.15) is 22.9 Å². The maximum Gasteiger partial charge on any atom is 0.159 e. The molecule has 5 nitrogen and oxygen atoms in total. The van der Waals surface area contributed by atoms with Crippen molar-refractivity contribution in [3.63, 3.8) is 0 Å². The second kappa shape index (κ2) is 6.80. The van der Waals surface area contributed by atoms with Gasteiger partial charge in [0, 0.05) is 24.4 Å². The standard InChI is InChI=1S/C17H17BrClFN4O/c1-8(2)25-16-10(6-11(19)14(20)13(16)18)7-12-23-9(3)15-17(21)22-4-5-24(12)15/h4-6,8H,7H2,1-3H3,(H2,21,22). The molecule has 2 N–H and O–H groups in total. The third kappa shape index (κ3) is 3.30. The van der Waals surface area contributed by atoms with Crippen LogP contribution in [0.1, 0.15) is 30.9 Å². The summed E-state index contributed by atoms with van der Waals surface area (Å²) < 4.78 is 22.1. The SMILES string of the molecule is Cc1nc(Cc2cc(Cl)c(F)c(Br)c2OC(C)C)n2ccnc(N)c12. The van der Waals surface area contributed by atoms with Crippen molar-refractivity contribution in [1.29, 1.82) is 0 Å². The molecule has 132 valence electrons. The monoisotopic (exact) mass is 426 g/mol. The lowest BCUT2D eigenvalue weighted by atomic mass is 10.1. The number of rotatable bonds is 4. The zero-order valence-electron chi connectivity index (χ0n) is 14.0. The summed E-state index contributed by atoms with van der Waals surface area (Å²) in [5, 5.41) is 0.0248. The first-order chi connectivity index (χ1) is 11.8. The Morgan fingerprint density at radius 3 is 2.84 bits per heavy atom.